The van der Waals surface area contributed by atoms with Crippen molar-refractivity contribution in [1.82, 2.24) is 24.8 Å². The molecule has 0 radical (unpaired) electrons. The van der Waals surface area contributed by atoms with Gasteiger partial charge in [-0.15, -0.1) is 0 Å². The summed E-state index contributed by atoms with van der Waals surface area (Å²) in [5, 5.41) is 2.73. The number of amides is 1. The number of hydrogen-bond acceptors (Lipinski definition) is 4. The van der Waals surface area contributed by atoms with Crippen molar-refractivity contribution in [1.29, 1.82) is 0 Å². The average molecular weight is 291 g/mol. The highest BCUT2D eigenvalue weighted by atomic mass is 16.2. The molecule has 8 nitrogen and oxygen atoms in total. The van der Waals surface area contributed by atoms with Crippen LogP contribution in [0.15, 0.2) is 22.0 Å². The molecule has 0 bridgehead atoms. The molecule has 0 aliphatic heterocycles. The van der Waals surface area contributed by atoms with E-state index in [0.717, 1.165) is 5.82 Å². The summed E-state index contributed by atoms with van der Waals surface area (Å²) in [7, 11) is 1.88. The Morgan fingerprint density at radius 2 is 2.14 bits per heavy atom. The van der Waals surface area contributed by atoms with Crippen LogP contribution >= 0.6 is 0 Å². The van der Waals surface area contributed by atoms with Gasteiger partial charge in [0, 0.05) is 43.7 Å². The number of H-pyrrole nitrogens is 2. The molecular formula is C13H17N5O3. The quantitative estimate of drug-likeness (QED) is 0.656. The maximum absolute atomic E-state index is 11.8. The minimum absolute atomic E-state index is 0.0709. The predicted molar refractivity (Wildman–Crippen MR) is 76.0 cm³/mol. The number of nitrogens with one attached hydrogen (secondary N) is 3. The zero-order chi connectivity index (χ0) is 15.4. The van der Waals surface area contributed by atoms with Crippen LogP contribution in [-0.2, 0) is 24.7 Å². The number of imidazole rings is 1. The van der Waals surface area contributed by atoms with E-state index in [1.54, 1.807) is 13.1 Å². The fourth-order valence-electron chi connectivity index (χ4n) is 2.01. The van der Waals surface area contributed by atoms with Crippen molar-refractivity contribution in [3.05, 3.63) is 50.3 Å². The second-order valence-corrected chi connectivity index (χ2v) is 4.74. The van der Waals surface area contributed by atoms with Crippen molar-refractivity contribution in [2.75, 3.05) is 6.54 Å². The highest BCUT2D eigenvalue weighted by molar-refractivity contribution is 5.78. The maximum Gasteiger partial charge on any atom is 0.325 e. The molecule has 2 aromatic rings. The first-order chi connectivity index (χ1) is 9.97. The Labute approximate surface area is 120 Å². The van der Waals surface area contributed by atoms with Crippen molar-refractivity contribution in [2.45, 2.75) is 19.8 Å². The molecule has 21 heavy (non-hydrogen) atoms. The molecule has 2 aromatic heterocycles. The molecule has 0 aliphatic carbocycles. The zero-order valence-electron chi connectivity index (χ0n) is 11.9. The Kier molecular flexibility index (Phi) is 4.36. The third-order valence-corrected chi connectivity index (χ3v) is 3.18. The van der Waals surface area contributed by atoms with E-state index in [1.165, 1.54) is 0 Å². The van der Waals surface area contributed by atoms with Gasteiger partial charge in [-0.2, -0.15) is 0 Å². The Morgan fingerprint density at radius 1 is 1.38 bits per heavy atom. The summed E-state index contributed by atoms with van der Waals surface area (Å²) in [6.45, 7) is 2.02. The first kappa shape index (κ1) is 14.8. The third kappa shape index (κ3) is 3.68. The monoisotopic (exact) mass is 291 g/mol. The summed E-state index contributed by atoms with van der Waals surface area (Å²) in [6.07, 6.45) is 4.06. The summed E-state index contributed by atoms with van der Waals surface area (Å²) in [4.78, 5) is 43.3. The van der Waals surface area contributed by atoms with Gasteiger partial charge in [0.05, 0.1) is 6.42 Å². The van der Waals surface area contributed by atoms with Crippen LogP contribution in [0, 0.1) is 6.92 Å². The summed E-state index contributed by atoms with van der Waals surface area (Å²) >= 11 is 0. The van der Waals surface area contributed by atoms with Crippen LogP contribution < -0.4 is 16.6 Å². The van der Waals surface area contributed by atoms with Gasteiger partial charge in [-0.1, -0.05) is 0 Å². The van der Waals surface area contributed by atoms with Gasteiger partial charge in [-0.25, -0.2) is 9.78 Å². The molecule has 0 aromatic carbocycles. The summed E-state index contributed by atoms with van der Waals surface area (Å²) in [6, 6.07) is 0. The average Bonchev–Trinajstić information content (AvgIpc) is 2.80. The minimum Gasteiger partial charge on any atom is -0.355 e. The highest BCUT2D eigenvalue weighted by Gasteiger charge is 2.11. The van der Waals surface area contributed by atoms with E-state index in [-0.39, 0.29) is 17.9 Å². The largest absolute Gasteiger partial charge is 0.355 e. The van der Waals surface area contributed by atoms with Crippen LogP contribution in [0.5, 0.6) is 0 Å². The molecular weight excluding hydrogens is 274 g/mol. The first-order valence-corrected chi connectivity index (χ1v) is 6.52. The molecule has 1 amide bonds. The van der Waals surface area contributed by atoms with Crippen molar-refractivity contribution >= 4 is 5.91 Å². The third-order valence-electron chi connectivity index (χ3n) is 3.18. The Balaban J connectivity index is 1.92. The number of carbonyl (C=O) groups excluding carboxylic acids is 1. The van der Waals surface area contributed by atoms with Gasteiger partial charge in [0.2, 0.25) is 5.91 Å². The SMILES string of the molecule is Cc1[nH]c(=O)[nH]c(=O)c1CC(=O)NCCc1nccn1C. The topological polar surface area (TPSA) is 113 Å². The van der Waals surface area contributed by atoms with Crippen LogP contribution in [-0.4, -0.2) is 32.0 Å². The van der Waals surface area contributed by atoms with Gasteiger partial charge in [0.15, 0.2) is 0 Å². The second-order valence-electron chi connectivity index (χ2n) is 4.74. The first-order valence-electron chi connectivity index (χ1n) is 6.52. The van der Waals surface area contributed by atoms with Gasteiger partial charge < -0.3 is 14.9 Å². The number of aromatic nitrogens is 4. The lowest BCUT2D eigenvalue weighted by molar-refractivity contribution is -0.120. The van der Waals surface area contributed by atoms with E-state index >= 15 is 0 Å². The van der Waals surface area contributed by atoms with Gasteiger partial charge >= 0.3 is 5.69 Å². The number of rotatable bonds is 5. The molecule has 3 N–H and O–H groups in total. The molecule has 112 valence electrons. The Bertz CT molecular complexity index is 756. The van der Waals surface area contributed by atoms with E-state index in [0.29, 0.717) is 18.7 Å². The van der Waals surface area contributed by atoms with Crippen molar-refractivity contribution in [3.8, 4) is 0 Å². The van der Waals surface area contributed by atoms with Crippen LogP contribution in [0.2, 0.25) is 0 Å². The van der Waals surface area contributed by atoms with E-state index in [1.807, 2.05) is 17.8 Å². The minimum atomic E-state index is -0.573. The molecule has 0 spiro atoms. The summed E-state index contributed by atoms with van der Waals surface area (Å²) in [5.74, 6) is 0.596. The molecule has 8 heteroatoms. The molecule has 2 heterocycles. The van der Waals surface area contributed by atoms with Crippen LogP contribution in [0.25, 0.3) is 0 Å². The highest BCUT2D eigenvalue weighted by Crippen LogP contribution is 1.97. The molecule has 0 saturated heterocycles. The van der Waals surface area contributed by atoms with E-state index < -0.39 is 11.2 Å². The number of aryl methyl sites for hydroxylation is 2. The van der Waals surface area contributed by atoms with Crippen LogP contribution in [0.3, 0.4) is 0 Å². The summed E-state index contributed by atoms with van der Waals surface area (Å²) in [5.41, 5.74) is -0.431. The fraction of sp³-hybridized carbons (Fsp3) is 0.385. The molecule has 0 saturated carbocycles. The standard InChI is InChI=1S/C13H17N5O3/c1-8-9(12(20)17-13(21)16-8)7-11(19)15-4-3-10-14-5-6-18(10)2/h5-6H,3-4,7H2,1-2H3,(H,15,19)(H2,16,17,20,21). The second kappa shape index (κ2) is 6.21. The van der Waals surface area contributed by atoms with E-state index in [4.69, 9.17) is 0 Å². The lowest BCUT2D eigenvalue weighted by Gasteiger charge is -2.06. The predicted octanol–water partition coefficient (Wildman–Crippen LogP) is -0.993. The summed E-state index contributed by atoms with van der Waals surface area (Å²) < 4.78 is 1.88. The van der Waals surface area contributed by atoms with Crippen molar-refractivity contribution in [2.24, 2.45) is 7.05 Å². The molecule has 2 rings (SSSR count). The Hall–Kier alpha value is -2.64. The van der Waals surface area contributed by atoms with Crippen molar-refractivity contribution in [3.63, 3.8) is 0 Å². The number of hydrogen-bond donors (Lipinski definition) is 3. The lowest BCUT2D eigenvalue weighted by Crippen LogP contribution is -2.33. The van der Waals surface area contributed by atoms with Crippen LogP contribution in [0.4, 0.5) is 0 Å². The molecule has 0 unspecified atom stereocenters. The van der Waals surface area contributed by atoms with Gasteiger partial charge in [0.1, 0.15) is 5.82 Å². The Morgan fingerprint density at radius 3 is 2.76 bits per heavy atom. The zero-order valence-corrected chi connectivity index (χ0v) is 11.9. The smallest absolute Gasteiger partial charge is 0.325 e. The van der Waals surface area contributed by atoms with E-state index in [2.05, 4.69) is 20.3 Å². The molecule has 0 fully saturated rings. The molecule has 0 aliphatic rings. The van der Waals surface area contributed by atoms with Crippen LogP contribution in [0.1, 0.15) is 17.1 Å². The van der Waals surface area contributed by atoms with E-state index in [9.17, 15) is 14.4 Å². The number of aromatic amines is 2. The van der Waals surface area contributed by atoms with Gasteiger partial charge in [0.25, 0.3) is 5.56 Å². The number of carbonyl (C=O) groups is 1. The van der Waals surface area contributed by atoms with Crippen molar-refractivity contribution < 1.29 is 4.79 Å². The normalized spacial score (nSPS) is 10.6. The van der Waals surface area contributed by atoms with Gasteiger partial charge in [-0.05, 0) is 6.92 Å². The maximum atomic E-state index is 11.8. The lowest BCUT2D eigenvalue weighted by atomic mass is 10.1. The molecule has 0 atom stereocenters. The van der Waals surface area contributed by atoms with Gasteiger partial charge in [-0.3, -0.25) is 14.6 Å². The number of nitrogens with zero attached hydrogens (tertiary/aromatic N) is 2. The fourth-order valence-corrected chi connectivity index (χ4v) is 2.01.